The Labute approximate surface area is 121 Å². The largest absolute Gasteiger partial charge is 0.497 e. The third-order valence-electron chi connectivity index (χ3n) is 3.19. The van der Waals surface area contributed by atoms with Crippen LogP contribution in [0.25, 0.3) is 11.6 Å². The van der Waals surface area contributed by atoms with Gasteiger partial charge in [-0.3, -0.25) is 4.79 Å². The molecule has 3 rings (SSSR count). The lowest BCUT2D eigenvalue weighted by molar-refractivity contribution is -0.110. The SMILES string of the molecule is COc1ccc2c(c1)/C(=C\c1ccc(Cl)cc1)C(=O)N2. The maximum Gasteiger partial charge on any atom is 0.256 e. The number of fused-ring (bicyclic) bond motifs is 1. The maximum absolute atomic E-state index is 12.1. The van der Waals surface area contributed by atoms with Crippen LogP contribution in [-0.4, -0.2) is 13.0 Å². The van der Waals surface area contributed by atoms with Crippen LogP contribution in [0.3, 0.4) is 0 Å². The first-order valence-corrected chi connectivity index (χ1v) is 6.52. The van der Waals surface area contributed by atoms with Crippen LogP contribution < -0.4 is 10.1 Å². The quantitative estimate of drug-likeness (QED) is 0.851. The minimum atomic E-state index is -0.108. The van der Waals surface area contributed by atoms with E-state index in [-0.39, 0.29) is 5.91 Å². The molecule has 0 saturated heterocycles. The lowest BCUT2D eigenvalue weighted by atomic mass is 10.0. The molecular formula is C16H12ClNO2. The van der Waals surface area contributed by atoms with Crippen LogP contribution in [-0.2, 0) is 4.79 Å². The van der Waals surface area contributed by atoms with Crippen molar-refractivity contribution < 1.29 is 9.53 Å². The van der Waals surface area contributed by atoms with E-state index in [1.807, 2.05) is 36.4 Å². The second-order valence-corrected chi connectivity index (χ2v) is 4.91. The Morgan fingerprint density at radius 3 is 2.60 bits per heavy atom. The molecule has 1 aliphatic rings. The van der Waals surface area contributed by atoms with Gasteiger partial charge in [0.05, 0.1) is 7.11 Å². The van der Waals surface area contributed by atoms with Crippen molar-refractivity contribution in [1.29, 1.82) is 0 Å². The normalized spacial score (nSPS) is 15.1. The van der Waals surface area contributed by atoms with Crippen molar-refractivity contribution in [1.82, 2.24) is 0 Å². The fourth-order valence-electron chi connectivity index (χ4n) is 2.16. The van der Waals surface area contributed by atoms with Crippen molar-refractivity contribution in [2.24, 2.45) is 0 Å². The molecular weight excluding hydrogens is 274 g/mol. The Bertz CT molecular complexity index is 705. The molecule has 4 heteroatoms. The molecule has 0 atom stereocenters. The predicted molar refractivity (Wildman–Crippen MR) is 80.9 cm³/mol. The van der Waals surface area contributed by atoms with Crippen LogP contribution in [0.2, 0.25) is 5.02 Å². The molecule has 1 heterocycles. The molecule has 0 unspecified atom stereocenters. The maximum atomic E-state index is 12.1. The minimum Gasteiger partial charge on any atom is -0.497 e. The van der Waals surface area contributed by atoms with Crippen LogP contribution in [0, 0.1) is 0 Å². The zero-order valence-electron chi connectivity index (χ0n) is 10.8. The third kappa shape index (κ3) is 2.28. The molecule has 20 heavy (non-hydrogen) atoms. The van der Waals surface area contributed by atoms with E-state index in [1.165, 1.54) is 0 Å². The van der Waals surface area contributed by atoms with Crippen molar-refractivity contribution in [3.63, 3.8) is 0 Å². The Morgan fingerprint density at radius 1 is 1.15 bits per heavy atom. The number of carbonyl (C=O) groups excluding carboxylic acids is 1. The highest BCUT2D eigenvalue weighted by molar-refractivity contribution is 6.35. The Kier molecular flexibility index (Phi) is 3.20. The Morgan fingerprint density at radius 2 is 1.90 bits per heavy atom. The zero-order chi connectivity index (χ0) is 14.1. The van der Waals surface area contributed by atoms with Gasteiger partial charge in [0.2, 0.25) is 0 Å². The Hall–Kier alpha value is -2.26. The van der Waals surface area contributed by atoms with Gasteiger partial charge in [-0.05, 0) is 42.0 Å². The molecule has 0 bridgehead atoms. The molecule has 100 valence electrons. The number of halogens is 1. The summed E-state index contributed by atoms with van der Waals surface area (Å²) in [6.45, 7) is 0. The van der Waals surface area contributed by atoms with Crippen LogP contribution in [0.4, 0.5) is 5.69 Å². The summed E-state index contributed by atoms with van der Waals surface area (Å²) in [7, 11) is 1.61. The standard InChI is InChI=1S/C16H12ClNO2/c1-20-12-6-7-15-13(9-12)14(16(19)18-15)8-10-2-4-11(17)5-3-10/h2-9H,1H3,(H,18,19)/b14-8+. The number of nitrogens with one attached hydrogen (secondary N) is 1. The molecule has 0 spiro atoms. The van der Waals surface area contributed by atoms with Crippen LogP contribution in [0.15, 0.2) is 42.5 Å². The van der Waals surface area contributed by atoms with Gasteiger partial charge in [0.25, 0.3) is 5.91 Å². The number of hydrogen-bond donors (Lipinski definition) is 1. The molecule has 0 aromatic heterocycles. The number of amides is 1. The van der Waals surface area contributed by atoms with Gasteiger partial charge < -0.3 is 10.1 Å². The summed E-state index contributed by atoms with van der Waals surface area (Å²) < 4.78 is 5.21. The molecule has 2 aromatic rings. The summed E-state index contributed by atoms with van der Waals surface area (Å²) >= 11 is 5.86. The molecule has 1 aliphatic heterocycles. The first-order chi connectivity index (χ1) is 9.67. The van der Waals surface area contributed by atoms with Gasteiger partial charge in [-0.15, -0.1) is 0 Å². The van der Waals surface area contributed by atoms with Gasteiger partial charge in [-0.25, -0.2) is 0 Å². The van der Waals surface area contributed by atoms with E-state index in [2.05, 4.69) is 5.32 Å². The average molecular weight is 286 g/mol. The summed E-state index contributed by atoms with van der Waals surface area (Å²) in [6.07, 6.45) is 1.84. The van der Waals surface area contributed by atoms with Crippen LogP contribution in [0.1, 0.15) is 11.1 Å². The highest BCUT2D eigenvalue weighted by Crippen LogP contribution is 2.35. The number of carbonyl (C=O) groups is 1. The van der Waals surface area contributed by atoms with E-state index in [0.717, 1.165) is 22.6 Å². The molecule has 0 radical (unpaired) electrons. The van der Waals surface area contributed by atoms with Gasteiger partial charge >= 0.3 is 0 Å². The number of ether oxygens (including phenoxy) is 1. The van der Waals surface area contributed by atoms with E-state index in [4.69, 9.17) is 16.3 Å². The highest BCUT2D eigenvalue weighted by atomic mass is 35.5. The fourth-order valence-corrected chi connectivity index (χ4v) is 2.29. The zero-order valence-corrected chi connectivity index (χ0v) is 11.6. The van der Waals surface area contributed by atoms with E-state index >= 15 is 0 Å². The van der Waals surface area contributed by atoms with Crippen LogP contribution >= 0.6 is 11.6 Å². The summed E-state index contributed by atoms with van der Waals surface area (Å²) in [6, 6.07) is 12.9. The third-order valence-corrected chi connectivity index (χ3v) is 3.44. The predicted octanol–water partition coefficient (Wildman–Crippen LogP) is 3.84. The molecule has 0 fully saturated rings. The Balaban J connectivity index is 2.06. The van der Waals surface area contributed by atoms with E-state index in [1.54, 1.807) is 19.2 Å². The van der Waals surface area contributed by atoms with Gasteiger partial charge in [-0.2, -0.15) is 0 Å². The van der Waals surface area contributed by atoms with Crippen molar-refractivity contribution in [2.45, 2.75) is 0 Å². The number of methoxy groups -OCH3 is 1. The topological polar surface area (TPSA) is 38.3 Å². The van der Waals surface area contributed by atoms with Crippen molar-refractivity contribution in [2.75, 3.05) is 12.4 Å². The van der Waals surface area contributed by atoms with Crippen LogP contribution in [0.5, 0.6) is 5.75 Å². The van der Waals surface area contributed by atoms with Crippen molar-refractivity contribution in [3.05, 3.63) is 58.6 Å². The molecule has 1 N–H and O–H groups in total. The highest BCUT2D eigenvalue weighted by Gasteiger charge is 2.24. The minimum absolute atomic E-state index is 0.108. The summed E-state index contributed by atoms with van der Waals surface area (Å²) in [5.41, 5.74) is 3.21. The molecule has 0 aliphatic carbocycles. The van der Waals surface area contributed by atoms with Crippen molar-refractivity contribution >= 4 is 34.8 Å². The van der Waals surface area contributed by atoms with Gasteiger partial charge in [0.1, 0.15) is 5.75 Å². The second kappa shape index (κ2) is 5.02. The van der Waals surface area contributed by atoms with E-state index in [0.29, 0.717) is 10.6 Å². The summed E-state index contributed by atoms with van der Waals surface area (Å²) in [5, 5.41) is 3.51. The summed E-state index contributed by atoms with van der Waals surface area (Å²) in [5.74, 6) is 0.616. The monoisotopic (exact) mass is 285 g/mol. The molecule has 2 aromatic carbocycles. The second-order valence-electron chi connectivity index (χ2n) is 4.48. The lowest BCUT2D eigenvalue weighted by Crippen LogP contribution is -2.03. The average Bonchev–Trinajstić information content (AvgIpc) is 2.77. The first-order valence-electron chi connectivity index (χ1n) is 6.14. The van der Waals surface area contributed by atoms with Gasteiger partial charge in [0, 0.05) is 21.8 Å². The number of hydrogen-bond acceptors (Lipinski definition) is 2. The smallest absolute Gasteiger partial charge is 0.256 e. The number of anilines is 1. The van der Waals surface area contributed by atoms with Gasteiger partial charge in [0.15, 0.2) is 0 Å². The number of benzene rings is 2. The lowest BCUT2D eigenvalue weighted by Gasteiger charge is -2.03. The van der Waals surface area contributed by atoms with Gasteiger partial charge in [-0.1, -0.05) is 23.7 Å². The fraction of sp³-hybridized carbons (Fsp3) is 0.0625. The molecule has 0 saturated carbocycles. The molecule has 1 amide bonds. The number of rotatable bonds is 2. The summed E-state index contributed by atoms with van der Waals surface area (Å²) in [4.78, 5) is 12.1. The van der Waals surface area contributed by atoms with E-state index in [9.17, 15) is 4.79 Å². The van der Waals surface area contributed by atoms with E-state index < -0.39 is 0 Å². The first kappa shape index (κ1) is 12.8. The molecule has 3 nitrogen and oxygen atoms in total. The van der Waals surface area contributed by atoms with Crippen molar-refractivity contribution in [3.8, 4) is 5.75 Å².